The summed E-state index contributed by atoms with van der Waals surface area (Å²) < 4.78 is 0. The molecule has 2 aliphatic rings. The van der Waals surface area contributed by atoms with Crippen LogP contribution in [0.4, 0.5) is 0 Å². The first kappa shape index (κ1) is 14.8. The molecule has 2 fully saturated rings. The van der Waals surface area contributed by atoms with E-state index in [9.17, 15) is 9.90 Å². The van der Waals surface area contributed by atoms with Crippen LogP contribution in [0.1, 0.15) is 51.4 Å². The summed E-state index contributed by atoms with van der Waals surface area (Å²) in [4.78, 5) is 14.2. The van der Waals surface area contributed by atoms with Gasteiger partial charge in [-0.05, 0) is 43.6 Å². The summed E-state index contributed by atoms with van der Waals surface area (Å²) in [6.45, 7) is 1.42. The Kier molecular flexibility index (Phi) is 4.85. The highest BCUT2D eigenvalue weighted by Gasteiger charge is 2.35. The van der Waals surface area contributed by atoms with E-state index in [-0.39, 0.29) is 17.4 Å². The van der Waals surface area contributed by atoms with Crippen molar-refractivity contribution in [3.8, 4) is 0 Å². The molecule has 0 radical (unpaired) electrons. The number of amides is 1. The number of carbonyl (C=O) groups excluding carboxylic acids is 1. The molecule has 2 rings (SSSR count). The number of hydrogen-bond donors (Lipinski definition) is 2. The predicted octanol–water partition coefficient (Wildman–Crippen LogP) is 1.51. The Bertz CT molecular complexity index is 307. The fourth-order valence-corrected chi connectivity index (χ4v) is 3.55. The van der Waals surface area contributed by atoms with Crippen LogP contribution in [0, 0.1) is 11.3 Å². The summed E-state index contributed by atoms with van der Waals surface area (Å²) >= 11 is 0. The number of rotatable bonds is 5. The Labute approximate surface area is 116 Å². The lowest BCUT2D eigenvalue weighted by Gasteiger charge is -2.38. The first-order chi connectivity index (χ1) is 9.04. The van der Waals surface area contributed by atoms with Crippen LogP contribution in [0.2, 0.25) is 0 Å². The molecule has 2 saturated carbocycles. The maximum absolute atomic E-state index is 12.3. The molecule has 3 N–H and O–H groups in total. The van der Waals surface area contributed by atoms with E-state index < -0.39 is 0 Å². The standard InChI is InChI=1S/C15H28N2O2/c1-17(10-12-7-13(18)8-12)14(19)9-15(11-16)5-3-2-4-6-15/h12-13,18H,2-11,16H2,1H3. The molecule has 0 spiro atoms. The topological polar surface area (TPSA) is 66.6 Å². The molecule has 1 amide bonds. The van der Waals surface area contributed by atoms with E-state index in [4.69, 9.17) is 5.73 Å². The number of aliphatic hydroxyl groups is 1. The Morgan fingerprint density at radius 1 is 1.32 bits per heavy atom. The van der Waals surface area contributed by atoms with Gasteiger partial charge < -0.3 is 15.7 Å². The van der Waals surface area contributed by atoms with E-state index in [1.165, 1.54) is 19.3 Å². The number of carbonyl (C=O) groups is 1. The minimum Gasteiger partial charge on any atom is -0.393 e. The van der Waals surface area contributed by atoms with Crippen LogP contribution in [-0.2, 0) is 4.79 Å². The monoisotopic (exact) mass is 268 g/mol. The Morgan fingerprint density at radius 3 is 2.47 bits per heavy atom. The highest BCUT2D eigenvalue weighted by atomic mass is 16.3. The minimum absolute atomic E-state index is 0.0583. The van der Waals surface area contributed by atoms with Gasteiger partial charge in [0, 0.05) is 20.0 Å². The zero-order valence-corrected chi connectivity index (χ0v) is 12.1. The second-order valence-electron chi connectivity index (χ2n) is 6.71. The van der Waals surface area contributed by atoms with Gasteiger partial charge in [0.1, 0.15) is 0 Å². The Balaban J connectivity index is 1.81. The van der Waals surface area contributed by atoms with Gasteiger partial charge in [-0.2, -0.15) is 0 Å². The molecule has 0 aliphatic heterocycles. The van der Waals surface area contributed by atoms with Crippen molar-refractivity contribution in [3.63, 3.8) is 0 Å². The molecular formula is C15H28N2O2. The normalized spacial score (nSPS) is 29.6. The molecule has 110 valence electrons. The average molecular weight is 268 g/mol. The van der Waals surface area contributed by atoms with Crippen molar-refractivity contribution >= 4 is 5.91 Å². The summed E-state index contributed by atoms with van der Waals surface area (Å²) in [5.74, 6) is 0.720. The molecular weight excluding hydrogens is 240 g/mol. The maximum Gasteiger partial charge on any atom is 0.222 e. The summed E-state index contributed by atoms with van der Waals surface area (Å²) in [5.41, 5.74) is 6.00. The van der Waals surface area contributed by atoms with E-state index >= 15 is 0 Å². The predicted molar refractivity (Wildman–Crippen MR) is 75.6 cm³/mol. The quantitative estimate of drug-likeness (QED) is 0.794. The van der Waals surface area contributed by atoms with Crippen molar-refractivity contribution in [1.29, 1.82) is 0 Å². The summed E-state index contributed by atoms with van der Waals surface area (Å²) in [6.07, 6.45) is 8.07. The van der Waals surface area contributed by atoms with Gasteiger partial charge in [-0.25, -0.2) is 0 Å². The van der Waals surface area contributed by atoms with E-state index in [2.05, 4.69) is 0 Å². The summed E-state index contributed by atoms with van der Waals surface area (Å²) in [5, 5.41) is 9.29. The van der Waals surface area contributed by atoms with Crippen molar-refractivity contribution < 1.29 is 9.90 Å². The highest BCUT2D eigenvalue weighted by molar-refractivity contribution is 5.76. The Morgan fingerprint density at radius 2 is 1.95 bits per heavy atom. The molecule has 0 unspecified atom stereocenters. The number of hydrogen-bond acceptors (Lipinski definition) is 3. The third kappa shape index (κ3) is 3.69. The number of nitrogens with zero attached hydrogens (tertiary/aromatic N) is 1. The fraction of sp³-hybridized carbons (Fsp3) is 0.933. The van der Waals surface area contributed by atoms with Crippen molar-refractivity contribution in [2.75, 3.05) is 20.1 Å². The molecule has 0 aromatic heterocycles. The molecule has 0 bridgehead atoms. The van der Waals surface area contributed by atoms with Crippen LogP contribution < -0.4 is 5.73 Å². The molecule has 0 heterocycles. The molecule has 2 aliphatic carbocycles. The second-order valence-corrected chi connectivity index (χ2v) is 6.71. The Hall–Kier alpha value is -0.610. The lowest BCUT2D eigenvalue weighted by Crippen LogP contribution is -2.43. The summed E-state index contributed by atoms with van der Waals surface area (Å²) in [6, 6.07) is 0. The van der Waals surface area contributed by atoms with Crippen molar-refractivity contribution in [3.05, 3.63) is 0 Å². The smallest absolute Gasteiger partial charge is 0.222 e. The van der Waals surface area contributed by atoms with Gasteiger partial charge in [-0.3, -0.25) is 4.79 Å². The van der Waals surface area contributed by atoms with Gasteiger partial charge in [0.2, 0.25) is 5.91 Å². The van der Waals surface area contributed by atoms with Gasteiger partial charge in [0.05, 0.1) is 6.10 Å². The van der Waals surface area contributed by atoms with Crippen LogP contribution in [0.3, 0.4) is 0 Å². The molecule has 4 nitrogen and oxygen atoms in total. The van der Waals surface area contributed by atoms with E-state index in [0.717, 1.165) is 32.2 Å². The lowest BCUT2D eigenvalue weighted by atomic mass is 9.71. The SMILES string of the molecule is CN(CC1CC(O)C1)C(=O)CC1(CN)CCCCC1. The zero-order valence-electron chi connectivity index (χ0n) is 12.1. The third-order valence-corrected chi connectivity index (χ3v) is 5.04. The first-order valence-electron chi connectivity index (χ1n) is 7.67. The first-order valence-corrected chi connectivity index (χ1v) is 7.67. The molecule has 0 saturated heterocycles. The third-order valence-electron chi connectivity index (χ3n) is 5.04. The molecule has 0 aromatic rings. The van der Waals surface area contributed by atoms with Crippen LogP contribution in [0.5, 0.6) is 0 Å². The highest BCUT2D eigenvalue weighted by Crippen LogP contribution is 2.39. The second kappa shape index (κ2) is 6.23. The number of aliphatic hydroxyl groups excluding tert-OH is 1. The molecule has 0 aromatic carbocycles. The van der Waals surface area contributed by atoms with E-state index in [0.29, 0.717) is 18.9 Å². The van der Waals surface area contributed by atoms with Crippen molar-refractivity contribution in [1.82, 2.24) is 4.90 Å². The van der Waals surface area contributed by atoms with Crippen molar-refractivity contribution in [2.45, 2.75) is 57.5 Å². The minimum atomic E-state index is -0.137. The zero-order chi connectivity index (χ0) is 13.9. The van der Waals surface area contributed by atoms with E-state index in [1.807, 2.05) is 11.9 Å². The average Bonchev–Trinajstić information content (AvgIpc) is 2.38. The van der Waals surface area contributed by atoms with Crippen molar-refractivity contribution in [2.24, 2.45) is 17.1 Å². The van der Waals surface area contributed by atoms with Gasteiger partial charge in [-0.1, -0.05) is 19.3 Å². The maximum atomic E-state index is 12.3. The van der Waals surface area contributed by atoms with Gasteiger partial charge in [0.15, 0.2) is 0 Å². The van der Waals surface area contributed by atoms with E-state index in [1.54, 1.807) is 0 Å². The summed E-state index contributed by atoms with van der Waals surface area (Å²) in [7, 11) is 1.89. The van der Waals surface area contributed by atoms with Crippen LogP contribution in [0.15, 0.2) is 0 Å². The van der Waals surface area contributed by atoms with Gasteiger partial charge >= 0.3 is 0 Å². The van der Waals surface area contributed by atoms with Crippen LogP contribution >= 0.6 is 0 Å². The van der Waals surface area contributed by atoms with Crippen LogP contribution in [0.25, 0.3) is 0 Å². The van der Waals surface area contributed by atoms with Gasteiger partial charge in [0.25, 0.3) is 0 Å². The number of nitrogens with two attached hydrogens (primary N) is 1. The molecule has 0 atom stereocenters. The molecule has 19 heavy (non-hydrogen) atoms. The largest absolute Gasteiger partial charge is 0.393 e. The van der Waals surface area contributed by atoms with Crippen LogP contribution in [-0.4, -0.2) is 42.2 Å². The fourth-order valence-electron chi connectivity index (χ4n) is 3.55. The van der Waals surface area contributed by atoms with Gasteiger partial charge in [-0.15, -0.1) is 0 Å². The molecule has 4 heteroatoms. The lowest BCUT2D eigenvalue weighted by molar-refractivity contribution is -0.134.